The highest BCUT2D eigenvalue weighted by Gasteiger charge is 2.32. The van der Waals surface area contributed by atoms with E-state index in [1.54, 1.807) is 0 Å². The van der Waals surface area contributed by atoms with Crippen molar-refractivity contribution in [2.24, 2.45) is 5.92 Å². The summed E-state index contributed by atoms with van der Waals surface area (Å²) in [7, 11) is 0. The van der Waals surface area contributed by atoms with Crippen LogP contribution in [0.5, 0.6) is 0 Å². The molecular formula is C19H28N2O2. The van der Waals surface area contributed by atoms with Crippen molar-refractivity contribution in [3.05, 3.63) is 29.8 Å². The van der Waals surface area contributed by atoms with Gasteiger partial charge in [-0.1, -0.05) is 31.4 Å². The maximum absolute atomic E-state index is 12.5. The minimum atomic E-state index is 0.119. The lowest BCUT2D eigenvalue weighted by atomic mass is 9.94. The highest BCUT2D eigenvalue weighted by molar-refractivity contribution is 5.92. The first kappa shape index (κ1) is 16.5. The van der Waals surface area contributed by atoms with Gasteiger partial charge in [0.1, 0.15) is 0 Å². The van der Waals surface area contributed by atoms with E-state index < -0.39 is 0 Å². The van der Waals surface area contributed by atoms with Crippen LogP contribution in [-0.2, 0) is 11.2 Å². The van der Waals surface area contributed by atoms with E-state index in [4.69, 9.17) is 5.11 Å². The van der Waals surface area contributed by atoms with Crippen LogP contribution in [0.25, 0.3) is 0 Å². The lowest BCUT2D eigenvalue weighted by molar-refractivity contribution is -0.119. The van der Waals surface area contributed by atoms with Crippen molar-refractivity contribution in [3.63, 3.8) is 0 Å². The van der Waals surface area contributed by atoms with Crippen LogP contribution in [0.1, 0.15) is 44.1 Å². The van der Waals surface area contributed by atoms with Gasteiger partial charge in [-0.2, -0.15) is 0 Å². The smallest absolute Gasteiger partial charge is 0.228 e. The number of benzene rings is 1. The van der Waals surface area contributed by atoms with Gasteiger partial charge in [-0.15, -0.1) is 0 Å². The summed E-state index contributed by atoms with van der Waals surface area (Å²) >= 11 is 0. The first-order valence-electron chi connectivity index (χ1n) is 9.01. The summed E-state index contributed by atoms with van der Waals surface area (Å²) in [5.74, 6) is 0.271. The molecule has 2 aliphatic rings. The molecular weight excluding hydrogens is 288 g/mol. The number of nitrogens with zero attached hydrogens (tertiary/aromatic N) is 1. The van der Waals surface area contributed by atoms with Gasteiger partial charge in [0.2, 0.25) is 5.91 Å². The van der Waals surface area contributed by atoms with Crippen molar-refractivity contribution in [2.75, 3.05) is 25.0 Å². The van der Waals surface area contributed by atoms with E-state index in [0.29, 0.717) is 12.5 Å². The highest BCUT2D eigenvalue weighted by Crippen LogP contribution is 2.28. The third-order valence-corrected chi connectivity index (χ3v) is 5.30. The standard InChI is InChI=1S/C19H28N2O2/c22-13-11-15-6-8-17(9-7-15)20-19(23)16-10-12-21(14-16)18-4-2-1-3-5-18/h6-9,16,18,22H,1-5,10-14H2,(H,20,23). The summed E-state index contributed by atoms with van der Waals surface area (Å²) in [6.45, 7) is 2.14. The van der Waals surface area contributed by atoms with Crippen molar-refractivity contribution in [1.82, 2.24) is 4.90 Å². The Bertz CT molecular complexity index is 509. The molecule has 1 unspecified atom stereocenters. The summed E-state index contributed by atoms with van der Waals surface area (Å²) in [6, 6.07) is 8.50. The zero-order valence-electron chi connectivity index (χ0n) is 13.8. The number of amides is 1. The molecule has 1 amide bonds. The Morgan fingerprint density at radius 2 is 1.87 bits per heavy atom. The molecule has 1 aliphatic heterocycles. The molecule has 1 heterocycles. The van der Waals surface area contributed by atoms with Crippen LogP contribution < -0.4 is 5.32 Å². The van der Waals surface area contributed by atoms with Crippen molar-refractivity contribution in [3.8, 4) is 0 Å². The SMILES string of the molecule is O=C(Nc1ccc(CCO)cc1)C1CCN(C2CCCCC2)C1. The van der Waals surface area contributed by atoms with Gasteiger partial charge in [0, 0.05) is 24.9 Å². The van der Waals surface area contributed by atoms with E-state index >= 15 is 0 Å². The van der Waals surface area contributed by atoms with Crippen LogP contribution in [0, 0.1) is 5.92 Å². The Morgan fingerprint density at radius 3 is 2.57 bits per heavy atom. The number of aliphatic hydroxyl groups is 1. The van der Waals surface area contributed by atoms with Crippen LogP contribution in [0.4, 0.5) is 5.69 Å². The third kappa shape index (κ3) is 4.33. The topological polar surface area (TPSA) is 52.6 Å². The molecule has 0 bridgehead atoms. The molecule has 1 aromatic rings. The summed E-state index contributed by atoms with van der Waals surface area (Å²) < 4.78 is 0. The van der Waals surface area contributed by atoms with Crippen LogP contribution >= 0.6 is 0 Å². The summed E-state index contributed by atoms with van der Waals surface area (Å²) in [5.41, 5.74) is 1.95. The molecule has 1 saturated heterocycles. The number of hydrogen-bond donors (Lipinski definition) is 2. The van der Waals surface area contributed by atoms with Crippen LogP contribution in [0.15, 0.2) is 24.3 Å². The molecule has 4 heteroatoms. The number of nitrogens with one attached hydrogen (secondary N) is 1. The van der Waals surface area contributed by atoms with Gasteiger partial charge < -0.3 is 10.4 Å². The molecule has 126 valence electrons. The van der Waals surface area contributed by atoms with Crippen LogP contribution in [0.3, 0.4) is 0 Å². The average molecular weight is 316 g/mol. The first-order chi connectivity index (χ1) is 11.3. The zero-order chi connectivity index (χ0) is 16.1. The molecule has 0 aromatic heterocycles. The largest absolute Gasteiger partial charge is 0.396 e. The average Bonchev–Trinajstić information content (AvgIpc) is 3.08. The lowest BCUT2D eigenvalue weighted by Gasteiger charge is -2.30. The molecule has 1 atom stereocenters. The van der Waals surface area contributed by atoms with Gasteiger partial charge in [-0.3, -0.25) is 9.69 Å². The second kappa shape index (κ2) is 7.93. The van der Waals surface area contributed by atoms with Crippen LogP contribution in [-0.4, -0.2) is 41.7 Å². The molecule has 0 radical (unpaired) electrons. The molecule has 0 spiro atoms. The quantitative estimate of drug-likeness (QED) is 0.878. The minimum absolute atomic E-state index is 0.119. The fourth-order valence-corrected chi connectivity index (χ4v) is 3.91. The van der Waals surface area contributed by atoms with E-state index in [-0.39, 0.29) is 18.4 Å². The number of hydrogen-bond acceptors (Lipinski definition) is 3. The Kier molecular flexibility index (Phi) is 5.68. The van der Waals surface area contributed by atoms with E-state index in [1.165, 1.54) is 32.1 Å². The van der Waals surface area contributed by atoms with Crippen molar-refractivity contribution in [2.45, 2.75) is 51.0 Å². The van der Waals surface area contributed by atoms with E-state index in [9.17, 15) is 4.79 Å². The number of carbonyl (C=O) groups is 1. The van der Waals surface area contributed by atoms with Crippen molar-refractivity contribution >= 4 is 11.6 Å². The second-order valence-electron chi connectivity index (χ2n) is 6.93. The molecule has 2 N–H and O–H groups in total. The fourth-order valence-electron chi connectivity index (χ4n) is 3.91. The summed E-state index contributed by atoms with van der Waals surface area (Å²) in [5, 5.41) is 12.0. The zero-order valence-corrected chi connectivity index (χ0v) is 13.8. The number of anilines is 1. The van der Waals surface area contributed by atoms with Gasteiger partial charge in [0.05, 0.1) is 5.92 Å². The van der Waals surface area contributed by atoms with Gasteiger partial charge in [0.25, 0.3) is 0 Å². The van der Waals surface area contributed by atoms with E-state index in [0.717, 1.165) is 30.8 Å². The van der Waals surface area contributed by atoms with Crippen molar-refractivity contribution in [1.29, 1.82) is 0 Å². The molecule has 2 fully saturated rings. The minimum Gasteiger partial charge on any atom is -0.396 e. The monoisotopic (exact) mass is 316 g/mol. The Hall–Kier alpha value is -1.39. The lowest BCUT2D eigenvalue weighted by Crippen LogP contribution is -2.36. The fraction of sp³-hybridized carbons (Fsp3) is 0.632. The number of aliphatic hydroxyl groups excluding tert-OH is 1. The highest BCUT2D eigenvalue weighted by atomic mass is 16.3. The Balaban J connectivity index is 1.50. The molecule has 1 aromatic carbocycles. The summed E-state index contributed by atoms with van der Waals surface area (Å²) in [6.07, 6.45) is 8.32. The normalized spacial score (nSPS) is 23.1. The van der Waals surface area contributed by atoms with Gasteiger partial charge in [-0.25, -0.2) is 0 Å². The predicted octanol–water partition coefficient (Wildman–Crippen LogP) is 2.81. The maximum atomic E-state index is 12.5. The molecule has 1 aliphatic carbocycles. The number of likely N-dealkylation sites (tertiary alicyclic amines) is 1. The van der Waals surface area contributed by atoms with Gasteiger partial charge >= 0.3 is 0 Å². The first-order valence-corrected chi connectivity index (χ1v) is 9.01. The van der Waals surface area contributed by atoms with E-state index in [1.807, 2.05) is 24.3 Å². The molecule has 1 saturated carbocycles. The molecule has 4 nitrogen and oxygen atoms in total. The van der Waals surface area contributed by atoms with Gasteiger partial charge in [-0.05, 0) is 49.9 Å². The van der Waals surface area contributed by atoms with E-state index in [2.05, 4.69) is 10.2 Å². The predicted molar refractivity (Wildman–Crippen MR) is 92.4 cm³/mol. The Morgan fingerprint density at radius 1 is 1.13 bits per heavy atom. The maximum Gasteiger partial charge on any atom is 0.228 e. The summed E-state index contributed by atoms with van der Waals surface area (Å²) in [4.78, 5) is 15.0. The second-order valence-corrected chi connectivity index (χ2v) is 6.93. The van der Waals surface area contributed by atoms with Crippen molar-refractivity contribution < 1.29 is 9.90 Å². The third-order valence-electron chi connectivity index (χ3n) is 5.30. The Labute approximate surface area is 138 Å². The number of rotatable bonds is 5. The number of carbonyl (C=O) groups excluding carboxylic acids is 1. The van der Waals surface area contributed by atoms with Crippen LogP contribution in [0.2, 0.25) is 0 Å². The molecule has 23 heavy (non-hydrogen) atoms. The molecule has 3 rings (SSSR count). The van der Waals surface area contributed by atoms with Gasteiger partial charge in [0.15, 0.2) is 0 Å².